The van der Waals surface area contributed by atoms with Gasteiger partial charge in [-0.15, -0.1) is 0 Å². The van der Waals surface area contributed by atoms with Crippen LogP contribution in [-0.2, 0) is 9.53 Å². The number of amidine groups is 1. The van der Waals surface area contributed by atoms with E-state index < -0.39 is 0 Å². The molecule has 0 spiro atoms. The van der Waals surface area contributed by atoms with Crippen LogP contribution >= 0.6 is 11.8 Å². The van der Waals surface area contributed by atoms with Crippen LogP contribution in [0.4, 0.5) is 10.1 Å². The summed E-state index contributed by atoms with van der Waals surface area (Å²) in [6.45, 7) is 0.789. The van der Waals surface area contributed by atoms with Gasteiger partial charge in [0.1, 0.15) is 11.5 Å². The molecule has 6 heteroatoms. The van der Waals surface area contributed by atoms with Crippen LogP contribution in [-0.4, -0.2) is 29.5 Å². The van der Waals surface area contributed by atoms with Crippen molar-refractivity contribution in [2.24, 2.45) is 4.99 Å². The van der Waals surface area contributed by atoms with Crippen molar-refractivity contribution in [1.29, 1.82) is 0 Å². The van der Waals surface area contributed by atoms with E-state index in [1.165, 1.54) is 23.9 Å². The Morgan fingerprint density at radius 2 is 1.93 bits per heavy atom. The normalized spacial score (nSPS) is 21.2. The van der Waals surface area contributed by atoms with Gasteiger partial charge in [0, 0.05) is 12.4 Å². The Hall–Kier alpha value is -2.44. The van der Waals surface area contributed by atoms with Gasteiger partial charge in [0.25, 0.3) is 5.91 Å². The topological polar surface area (TPSA) is 41.9 Å². The van der Waals surface area contributed by atoms with Gasteiger partial charge in [-0.2, -0.15) is 0 Å². The highest BCUT2D eigenvalue weighted by molar-refractivity contribution is 8.14. The third-order valence-corrected chi connectivity index (χ3v) is 5.76. The van der Waals surface area contributed by atoms with Crippen molar-refractivity contribution in [3.05, 3.63) is 71.7 Å². The molecule has 2 aliphatic heterocycles. The van der Waals surface area contributed by atoms with Crippen LogP contribution in [0, 0.1) is 5.82 Å². The van der Waals surface area contributed by atoms with E-state index in [0.717, 1.165) is 37.2 Å². The molecule has 28 heavy (non-hydrogen) atoms. The van der Waals surface area contributed by atoms with Gasteiger partial charge in [0.2, 0.25) is 0 Å². The number of nitrogens with zero attached hydrogens (tertiary/aromatic N) is 2. The van der Waals surface area contributed by atoms with Crippen molar-refractivity contribution in [3.63, 3.8) is 0 Å². The third kappa shape index (κ3) is 4.34. The molecular formula is C22H21FN2O2S. The van der Waals surface area contributed by atoms with Crippen LogP contribution in [0.3, 0.4) is 0 Å². The van der Waals surface area contributed by atoms with E-state index in [1.54, 1.807) is 23.1 Å². The number of halogens is 1. The average Bonchev–Trinajstić information content (AvgIpc) is 3.04. The molecule has 1 atom stereocenters. The molecule has 0 aliphatic carbocycles. The zero-order chi connectivity index (χ0) is 19.3. The second-order valence-corrected chi connectivity index (χ2v) is 7.74. The molecule has 0 N–H and O–H groups in total. The predicted octanol–water partition coefficient (Wildman–Crippen LogP) is 4.87. The fourth-order valence-electron chi connectivity index (χ4n) is 3.22. The molecule has 1 amide bonds. The molecule has 1 fully saturated rings. The van der Waals surface area contributed by atoms with E-state index in [0.29, 0.717) is 16.6 Å². The zero-order valence-electron chi connectivity index (χ0n) is 15.4. The summed E-state index contributed by atoms with van der Waals surface area (Å²) in [6, 6.07) is 15.5. The molecule has 2 heterocycles. The summed E-state index contributed by atoms with van der Waals surface area (Å²) in [5.74, 6) is 0.197. The molecule has 144 valence electrons. The highest BCUT2D eigenvalue weighted by Gasteiger charge is 2.32. The number of ether oxygens (including phenoxy) is 1. The Balaban J connectivity index is 1.60. The lowest BCUT2D eigenvalue weighted by atomic mass is 10.1. The third-order valence-electron chi connectivity index (χ3n) is 4.69. The Bertz CT molecular complexity index is 891. The van der Waals surface area contributed by atoms with Crippen molar-refractivity contribution in [3.8, 4) is 0 Å². The van der Waals surface area contributed by atoms with Gasteiger partial charge in [-0.05, 0) is 55.2 Å². The quantitative estimate of drug-likeness (QED) is 0.693. The number of carbonyl (C=O) groups excluding carboxylic acids is 1. The molecule has 4 nitrogen and oxygen atoms in total. The number of anilines is 1. The Kier molecular flexibility index (Phi) is 5.88. The zero-order valence-corrected chi connectivity index (χ0v) is 16.2. The van der Waals surface area contributed by atoms with Crippen molar-refractivity contribution < 1.29 is 13.9 Å². The lowest BCUT2D eigenvalue weighted by Crippen LogP contribution is -2.31. The van der Waals surface area contributed by atoms with Gasteiger partial charge < -0.3 is 4.74 Å². The summed E-state index contributed by atoms with van der Waals surface area (Å²) >= 11 is 1.51. The van der Waals surface area contributed by atoms with Crippen molar-refractivity contribution in [1.82, 2.24) is 0 Å². The number of benzene rings is 2. The largest absolute Gasteiger partial charge is 0.377 e. The number of hydrogen-bond acceptors (Lipinski definition) is 4. The van der Waals surface area contributed by atoms with E-state index in [-0.39, 0.29) is 17.8 Å². The Morgan fingerprint density at radius 3 is 2.64 bits per heavy atom. The predicted molar refractivity (Wildman–Crippen MR) is 112 cm³/mol. The molecule has 4 rings (SSSR count). The summed E-state index contributed by atoms with van der Waals surface area (Å²) in [5, 5.41) is 0.605. The average molecular weight is 396 g/mol. The summed E-state index contributed by atoms with van der Waals surface area (Å²) < 4.78 is 19.2. The molecule has 2 aromatic rings. The van der Waals surface area contributed by atoms with E-state index in [1.807, 2.05) is 30.3 Å². The van der Waals surface area contributed by atoms with E-state index >= 15 is 0 Å². The second-order valence-electron chi connectivity index (χ2n) is 6.75. The van der Waals surface area contributed by atoms with Crippen LogP contribution in [0.5, 0.6) is 0 Å². The molecule has 0 bridgehead atoms. The standard InChI is InChI=1S/C22H21FN2O2S/c23-17-9-11-18(12-10-17)25-21(26)20(14-16-6-2-1-3-7-16)24-22(25)28-15-19-8-4-5-13-27-19/h1-3,6-7,9-12,14,19H,4-5,8,13,15H2/b20-14+/t19-/m1/s1. The molecule has 0 unspecified atom stereocenters. The lowest BCUT2D eigenvalue weighted by Gasteiger charge is -2.23. The van der Waals surface area contributed by atoms with Crippen LogP contribution in [0.1, 0.15) is 24.8 Å². The van der Waals surface area contributed by atoms with Gasteiger partial charge in [0.05, 0.1) is 11.8 Å². The highest BCUT2D eigenvalue weighted by Crippen LogP contribution is 2.30. The maximum Gasteiger partial charge on any atom is 0.283 e. The fourth-order valence-corrected chi connectivity index (χ4v) is 4.30. The minimum atomic E-state index is -0.336. The van der Waals surface area contributed by atoms with Crippen molar-refractivity contribution in [2.75, 3.05) is 17.3 Å². The van der Waals surface area contributed by atoms with Gasteiger partial charge in [-0.1, -0.05) is 42.1 Å². The molecule has 0 aromatic heterocycles. The first kappa shape index (κ1) is 18.9. The summed E-state index contributed by atoms with van der Waals surface area (Å²) in [7, 11) is 0. The first-order valence-electron chi connectivity index (χ1n) is 9.40. The van der Waals surface area contributed by atoms with Crippen molar-refractivity contribution in [2.45, 2.75) is 25.4 Å². The number of carbonyl (C=O) groups is 1. The molecule has 0 saturated carbocycles. The van der Waals surface area contributed by atoms with Gasteiger partial charge >= 0.3 is 0 Å². The van der Waals surface area contributed by atoms with E-state index in [2.05, 4.69) is 4.99 Å². The number of aliphatic imine (C=N–C) groups is 1. The minimum Gasteiger partial charge on any atom is -0.377 e. The smallest absolute Gasteiger partial charge is 0.283 e. The Labute approximate surface area is 168 Å². The molecule has 2 aliphatic rings. The maximum absolute atomic E-state index is 13.4. The molecule has 2 aromatic carbocycles. The van der Waals surface area contributed by atoms with Crippen LogP contribution in [0.2, 0.25) is 0 Å². The summed E-state index contributed by atoms with van der Waals surface area (Å²) in [5.41, 5.74) is 1.90. The van der Waals surface area contributed by atoms with Gasteiger partial charge in [0.15, 0.2) is 5.17 Å². The number of hydrogen-bond donors (Lipinski definition) is 0. The van der Waals surface area contributed by atoms with Gasteiger partial charge in [-0.25, -0.2) is 9.38 Å². The van der Waals surface area contributed by atoms with Gasteiger partial charge in [-0.3, -0.25) is 9.69 Å². The summed E-state index contributed by atoms with van der Waals surface area (Å²) in [6.07, 6.45) is 5.25. The van der Waals surface area contributed by atoms with Crippen LogP contribution < -0.4 is 4.90 Å². The number of amides is 1. The number of thioether (sulfide) groups is 1. The van der Waals surface area contributed by atoms with Crippen molar-refractivity contribution >= 4 is 34.6 Å². The second kappa shape index (κ2) is 8.71. The van der Waals surface area contributed by atoms with E-state index in [4.69, 9.17) is 4.74 Å². The maximum atomic E-state index is 13.4. The monoisotopic (exact) mass is 396 g/mol. The first-order valence-corrected chi connectivity index (χ1v) is 10.4. The molecular weight excluding hydrogens is 375 g/mol. The SMILES string of the molecule is O=C1/C(=C\c2ccccc2)N=C(SC[C@H]2CCCCO2)N1c1ccc(F)cc1. The first-order chi connectivity index (χ1) is 13.7. The highest BCUT2D eigenvalue weighted by atomic mass is 32.2. The van der Waals surface area contributed by atoms with Crippen LogP contribution in [0.25, 0.3) is 6.08 Å². The minimum absolute atomic E-state index is 0.175. The van der Waals surface area contributed by atoms with E-state index in [9.17, 15) is 9.18 Å². The molecule has 0 radical (unpaired) electrons. The number of rotatable bonds is 4. The molecule has 1 saturated heterocycles. The van der Waals surface area contributed by atoms with Crippen LogP contribution in [0.15, 0.2) is 65.3 Å². The summed E-state index contributed by atoms with van der Waals surface area (Å²) in [4.78, 5) is 19.2. The fraction of sp³-hybridized carbons (Fsp3) is 0.273. The Morgan fingerprint density at radius 1 is 1.14 bits per heavy atom. The lowest BCUT2D eigenvalue weighted by molar-refractivity contribution is -0.113.